The van der Waals surface area contributed by atoms with Crippen molar-refractivity contribution in [3.05, 3.63) is 0 Å². The van der Waals surface area contributed by atoms with Crippen molar-refractivity contribution in [2.75, 3.05) is 20.1 Å². The lowest BCUT2D eigenvalue weighted by molar-refractivity contribution is -0.113. The topological polar surface area (TPSA) is 76.4 Å². The maximum Gasteiger partial charge on any atom is 0.407 e. The smallest absolute Gasteiger partial charge is 0.407 e. The Hall–Kier alpha value is -1.10. The summed E-state index contributed by atoms with van der Waals surface area (Å²) in [6.45, 7) is 11.1. The van der Waals surface area contributed by atoms with Gasteiger partial charge in [0.25, 0.3) is 0 Å². The monoisotopic (exact) mass is 487 g/mol. The predicted octanol–water partition coefficient (Wildman–Crippen LogP) is 7.06. The molecule has 0 spiro atoms. The number of fused-ring (bicyclic) bond motifs is 5. The molecular formula is C30H53N3O2. The van der Waals surface area contributed by atoms with Crippen molar-refractivity contribution in [1.29, 1.82) is 5.41 Å². The van der Waals surface area contributed by atoms with Gasteiger partial charge in [-0.3, -0.25) is 0 Å². The molecule has 35 heavy (non-hydrogen) atoms. The standard InChI is InChI=1S/C22H37N.C8H16N2O2/c1-14-9-11-21(3)16(13-14)5-6-17-19-8-7-18(15(2)23)22(19,4)12-10-20(17)21;1-9-5-6-10(8(11)12)7-3-2-4-7/h14,16-20,23H,5-13H2,1-4H3;7,9H,2-6H2,1H3,(H,11,12). The second-order valence-corrected chi connectivity index (χ2v) is 13.6. The summed E-state index contributed by atoms with van der Waals surface area (Å²) in [5, 5.41) is 20.1. The minimum atomic E-state index is -0.782. The lowest BCUT2D eigenvalue weighted by Gasteiger charge is -2.61. The molecule has 0 heterocycles. The number of carboxylic acid groups (broad SMARTS) is 1. The SMILES string of the molecule is CC(=N)C1CCC2C3CCC4CC(C)CCC4(C)C3CCC12C.CNCCN(C(=O)O)C1CCC1. The van der Waals surface area contributed by atoms with Crippen molar-refractivity contribution in [3.8, 4) is 0 Å². The van der Waals surface area contributed by atoms with Gasteiger partial charge < -0.3 is 20.7 Å². The van der Waals surface area contributed by atoms with Gasteiger partial charge in [-0.1, -0.05) is 27.2 Å². The number of likely N-dealkylation sites (N-methyl/N-ethyl adjacent to an activating group) is 1. The van der Waals surface area contributed by atoms with Crippen LogP contribution < -0.4 is 5.32 Å². The van der Waals surface area contributed by atoms with Crippen molar-refractivity contribution in [3.63, 3.8) is 0 Å². The Morgan fingerprint density at radius 3 is 2.29 bits per heavy atom. The second kappa shape index (κ2) is 10.7. The molecule has 0 aromatic carbocycles. The highest BCUT2D eigenvalue weighted by molar-refractivity contribution is 5.82. The van der Waals surface area contributed by atoms with Crippen LogP contribution in [0.3, 0.4) is 0 Å². The normalized spacial score (nSPS) is 42.4. The predicted molar refractivity (Wildman–Crippen MR) is 144 cm³/mol. The molecule has 5 heteroatoms. The van der Waals surface area contributed by atoms with E-state index in [-0.39, 0.29) is 6.04 Å². The van der Waals surface area contributed by atoms with Crippen LogP contribution in [0.4, 0.5) is 4.79 Å². The summed E-state index contributed by atoms with van der Waals surface area (Å²) in [7, 11) is 1.83. The number of rotatable bonds is 5. The van der Waals surface area contributed by atoms with E-state index in [9.17, 15) is 4.79 Å². The maximum absolute atomic E-state index is 10.7. The molecule has 5 nitrogen and oxygen atoms in total. The number of nitrogens with one attached hydrogen (secondary N) is 2. The third-order valence-electron chi connectivity index (χ3n) is 11.8. The average molecular weight is 488 g/mol. The Morgan fingerprint density at radius 2 is 1.69 bits per heavy atom. The lowest BCUT2D eigenvalue weighted by atomic mass is 9.44. The molecule has 5 aliphatic rings. The number of hydrogen-bond acceptors (Lipinski definition) is 3. The molecule has 0 aromatic rings. The fourth-order valence-corrected chi connectivity index (χ4v) is 9.55. The van der Waals surface area contributed by atoms with Gasteiger partial charge in [-0.25, -0.2) is 4.79 Å². The fraction of sp³-hybridized carbons (Fsp3) is 0.933. The Morgan fingerprint density at radius 1 is 1.00 bits per heavy atom. The molecule has 5 fully saturated rings. The summed E-state index contributed by atoms with van der Waals surface area (Å²) in [6, 6.07) is 0.288. The largest absolute Gasteiger partial charge is 0.465 e. The molecule has 8 unspecified atom stereocenters. The molecule has 0 bridgehead atoms. The first-order chi connectivity index (χ1) is 16.6. The van der Waals surface area contributed by atoms with Crippen molar-refractivity contribution >= 4 is 11.8 Å². The number of amides is 1. The summed E-state index contributed by atoms with van der Waals surface area (Å²) in [4.78, 5) is 12.3. The highest BCUT2D eigenvalue weighted by atomic mass is 16.4. The minimum absolute atomic E-state index is 0.288. The van der Waals surface area contributed by atoms with Crippen LogP contribution in [0.2, 0.25) is 0 Å². The second-order valence-electron chi connectivity index (χ2n) is 13.6. The molecule has 5 saturated carbocycles. The number of carbonyl (C=O) groups is 1. The van der Waals surface area contributed by atoms with Gasteiger partial charge in [0.05, 0.1) is 0 Å². The average Bonchev–Trinajstić information content (AvgIpc) is 3.13. The molecular weight excluding hydrogens is 434 g/mol. The fourth-order valence-electron chi connectivity index (χ4n) is 9.55. The first kappa shape index (κ1) is 26.9. The highest BCUT2D eigenvalue weighted by Crippen LogP contribution is 2.67. The minimum Gasteiger partial charge on any atom is -0.465 e. The van der Waals surface area contributed by atoms with Crippen molar-refractivity contribution in [1.82, 2.24) is 10.2 Å². The van der Waals surface area contributed by atoms with Gasteiger partial charge in [-0.05, 0) is 125 Å². The van der Waals surface area contributed by atoms with Gasteiger partial charge in [0.1, 0.15) is 0 Å². The zero-order chi connectivity index (χ0) is 25.4. The van der Waals surface area contributed by atoms with Crippen molar-refractivity contribution in [2.45, 2.75) is 111 Å². The van der Waals surface area contributed by atoms with Crippen LogP contribution in [0.25, 0.3) is 0 Å². The molecule has 0 radical (unpaired) electrons. The van der Waals surface area contributed by atoms with E-state index in [1.165, 1.54) is 64.2 Å². The third kappa shape index (κ3) is 5.05. The first-order valence-electron chi connectivity index (χ1n) is 14.8. The van der Waals surface area contributed by atoms with Crippen LogP contribution in [0.1, 0.15) is 105 Å². The lowest BCUT2D eigenvalue weighted by Crippen LogP contribution is -2.53. The molecule has 1 amide bonds. The van der Waals surface area contributed by atoms with Gasteiger partial charge in [0.15, 0.2) is 0 Å². The highest BCUT2D eigenvalue weighted by Gasteiger charge is 2.60. The Labute approximate surface area is 214 Å². The molecule has 0 saturated heterocycles. The summed E-state index contributed by atoms with van der Waals surface area (Å²) in [5.41, 5.74) is 2.08. The Bertz CT molecular complexity index is 767. The maximum atomic E-state index is 10.7. The van der Waals surface area contributed by atoms with Crippen LogP contribution >= 0.6 is 0 Å². The third-order valence-corrected chi connectivity index (χ3v) is 11.8. The zero-order valence-electron chi connectivity index (χ0n) is 23.2. The van der Waals surface area contributed by atoms with Crippen LogP contribution in [0, 0.1) is 51.7 Å². The van der Waals surface area contributed by atoms with Gasteiger partial charge in [-0.2, -0.15) is 0 Å². The molecule has 200 valence electrons. The Balaban J connectivity index is 0.000000204. The number of nitrogens with zero attached hydrogens (tertiary/aromatic N) is 1. The summed E-state index contributed by atoms with van der Waals surface area (Å²) in [5.74, 6) is 5.46. The van der Waals surface area contributed by atoms with E-state index >= 15 is 0 Å². The van der Waals surface area contributed by atoms with E-state index in [4.69, 9.17) is 10.5 Å². The quantitative estimate of drug-likeness (QED) is 0.363. The van der Waals surface area contributed by atoms with E-state index in [0.29, 0.717) is 23.3 Å². The van der Waals surface area contributed by atoms with Gasteiger partial charge in [0, 0.05) is 30.8 Å². The molecule has 5 aliphatic carbocycles. The van der Waals surface area contributed by atoms with Crippen molar-refractivity contribution < 1.29 is 9.90 Å². The van der Waals surface area contributed by atoms with Gasteiger partial charge in [-0.15, -0.1) is 0 Å². The van der Waals surface area contributed by atoms with Crippen LogP contribution in [0.5, 0.6) is 0 Å². The first-order valence-corrected chi connectivity index (χ1v) is 14.8. The molecule has 5 rings (SSSR count). The van der Waals surface area contributed by atoms with Crippen LogP contribution in [0.15, 0.2) is 0 Å². The molecule has 0 aromatic heterocycles. The van der Waals surface area contributed by atoms with E-state index in [1.807, 2.05) is 7.05 Å². The van der Waals surface area contributed by atoms with Gasteiger partial charge in [0.2, 0.25) is 0 Å². The van der Waals surface area contributed by atoms with Crippen LogP contribution in [-0.4, -0.2) is 48.0 Å². The number of hydrogen-bond donors (Lipinski definition) is 3. The van der Waals surface area contributed by atoms with E-state index in [0.717, 1.165) is 54.7 Å². The van der Waals surface area contributed by atoms with E-state index < -0.39 is 6.09 Å². The summed E-state index contributed by atoms with van der Waals surface area (Å²) >= 11 is 0. The van der Waals surface area contributed by atoms with Crippen molar-refractivity contribution in [2.24, 2.45) is 46.3 Å². The Kier molecular flexibility index (Phi) is 8.25. The molecule has 3 N–H and O–H groups in total. The zero-order valence-corrected chi connectivity index (χ0v) is 23.2. The summed E-state index contributed by atoms with van der Waals surface area (Å²) in [6.07, 6.45) is 15.5. The van der Waals surface area contributed by atoms with Crippen LogP contribution in [-0.2, 0) is 0 Å². The molecule has 8 atom stereocenters. The van der Waals surface area contributed by atoms with E-state index in [1.54, 1.807) is 4.90 Å². The summed E-state index contributed by atoms with van der Waals surface area (Å²) < 4.78 is 0. The van der Waals surface area contributed by atoms with Gasteiger partial charge >= 0.3 is 6.09 Å². The van der Waals surface area contributed by atoms with E-state index in [2.05, 4.69) is 33.0 Å². The molecule has 0 aliphatic heterocycles.